The van der Waals surface area contributed by atoms with Gasteiger partial charge in [0.1, 0.15) is 5.69 Å². The number of rotatable bonds is 6. The van der Waals surface area contributed by atoms with Crippen LogP contribution in [0, 0.1) is 18.6 Å². The Morgan fingerprint density at radius 2 is 1.59 bits per heavy atom. The Morgan fingerprint density at radius 3 is 2.27 bits per heavy atom. The predicted molar refractivity (Wildman–Crippen MR) is 147 cm³/mol. The fraction of sp³-hybridized carbons (Fsp3) is 0.207. The van der Waals surface area contributed by atoms with Crippen LogP contribution in [0.25, 0.3) is 33.5 Å². The second-order valence-electron chi connectivity index (χ2n) is 9.68. The first-order chi connectivity index (χ1) is 19.5. The van der Waals surface area contributed by atoms with Crippen LogP contribution in [-0.4, -0.2) is 24.1 Å². The highest BCUT2D eigenvalue weighted by Crippen LogP contribution is 2.35. The van der Waals surface area contributed by atoms with Gasteiger partial charge in [-0.15, -0.1) is 0 Å². The second-order valence-corrected chi connectivity index (χ2v) is 9.68. The number of hydrogen-bond acceptors (Lipinski definition) is 6. The van der Waals surface area contributed by atoms with Crippen LogP contribution in [0.15, 0.2) is 64.7 Å². The van der Waals surface area contributed by atoms with Gasteiger partial charge in [0.05, 0.1) is 23.7 Å². The number of aromatic nitrogens is 5. The minimum Gasteiger partial charge on any atom is -0.378 e. The third-order valence-corrected chi connectivity index (χ3v) is 6.97. The third kappa shape index (κ3) is 4.96. The van der Waals surface area contributed by atoms with Crippen molar-refractivity contribution in [1.82, 2.24) is 24.1 Å². The molecule has 5 aromatic rings. The monoisotopic (exact) mass is 564 g/mol. The first-order valence-corrected chi connectivity index (χ1v) is 12.5. The lowest BCUT2D eigenvalue weighted by Crippen LogP contribution is -2.20. The van der Waals surface area contributed by atoms with E-state index in [2.05, 4.69) is 20.3 Å². The molecule has 0 radical (unpaired) electrons. The van der Waals surface area contributed by atoms with Crippen molar-refractivity contribution in [2.75, 3.05) is 5.32 Å². The summed E-state index contributed by atoms with van der Waals surface area (Å²) in [5, 5.41) is 3.80. The number of aryl methyl sites for hydroxylation is 1. The van der Waals surface area contributed by atoms with E-state index in [1.807, 2.05) is 0 Å². The molecule has 3 aromatic heterocycles. The Morgan fingerprint density at radius 1 is 0.878 bits per heavy atom. The van der Waals surface area contributed by atoms with Crippen molar-refractivity contribution in [3.8, 4) is 22.8 Å². The molecule has 41 heavy (non-hydrogen) atoms. The van der Waals surface area contributed by atoms with Crippen LogP contribution >= 0.6 is 0 Å². The molecule has 1 atom stereocenters. The molecule has 2 aromatic carbocycles. The van der Waals surface area contributed by atoms with Crippen LogP contribution in [0.5, 0.6) is 0 Å². The summed E-state index contributed by atoms with van der Waals surface area (Å²) in [5.41, 5.74) is 0.801. The zero-order valence-corrected chi connectivity index (χ0v) is 22.4. The number of pyridine rings is 1. The number of halogens is 4. The van der Waals surface area contributed by atoms with Gasteiger partial charge in [0.15, 0.2) is 17.5 Å². The van der Waals surface area contributed by atoms with E-state index in [0.29, 0.717) is 33.3 Å². The maximum Gasteiger partial charge on any atom is 0.269 e. The highest BCUT2D eigenvalue weighted by molar-refractivity contribution is 5.89. The SMILES string of the molecule is Cc1cc(C(C)Nc2ccc(F)c(F)c2C(F)F)c2cc(-c3cnc(-c4cncc(=O)n4C)nc3)n(C)c(=O)c2c1. The third-order valence-electron chi connectivity index (χ3n) is 6.97. The van der Waals surface area contributed by atoms with Crippen LogP contribution in [0.3, 0.4) is 0 Å². The summed E-state index contributed by atoms with van der Waals surface area (Å²) < 4.78 is 58.0. The van der Waals surface area contributed by atoms with Gasteiger partial charge in [-0.3, -0.25) is 14.6 Å². The molecule has 1 unspecified atom stereocenters. The van der Waals surface area contributed by atoms with Gasteiger partial charge in [-0.05, 0) is 54.6 Å². The van der Waals surface area contributed by atoms with E-state index >= 15 is 0 Å². The molecule has 12 heteroatoms. The number of hydrogen-bond donors (Lipinski definition) is 1. The van der Waals surface area contributed by atoms with E-state index in [1.54, 1.807) is 46.1 Å². The van der Waals surface area contributed by atoms with E-state index in [4.69, 9.17) is 0 Å². The van der Waals surface area contributed by atoms with Crippen molar-refractivity contribution < 1.29 is 17.6 Å². The average molecular weight is 565 g/mol. The summed E-state index contributed by atoms with van der Waals surface area (Å²) in [6.07, 6.45) is 2.44. The molecule has 0 aliphatic carbocycles. The van der Waals surface area contributed by atoms with Crippen molar-refractivity contribution in [1.29, 1.82) is 0 Å². The minimum atomic E-state index is -3.24. The molecule has 0 spiro atoms. The Hall–Kier alpha value is -4.87. The van der Waals surface area contributed by atoms with Gasteiger partial charge >= 0.3 is 0 Å². The fourth-order valence-corrected chi connectivity index (χ4v) is 4.80. The highest BCUT2D eigenvalue weighted by Gasteiger charge is 2.24. The second kappa shape index (κ2) is 10.6. The molecule has 0 saturated carbocycles. The Bertz CT molecular complexity index is 1920. The standard InChI is InChI=1S/C29H24F4N6O2/c1-14-7-17(15(2)37-21-6-5-20(30)26(31)25(21)27(32)33)18-9-22(39(4)29(41)19(18)8-14)16-10-35-28(36-11-16)23-12-34-13-24(40)38(23)3/h5-13,15,27,37H,1-4H3. The number of fused-ring (bicyclic) bond motifs is 1. The maximum atomic E-state index is 14.2. The first-order valence-electron chi connectivity index (χ1n) is 12.5. The topological polar surface area (TPSA) is 94.7 Å². The molecule has 210 valence electrons. The van der Waals surface area contributed by atoms with E-state index in [0.717, 1.165) is 17.7 Å². The lowest BCUT2D eigenvalue weighted by molar-refractivity contribution is 0.146. The van der Waals surface area contributed by atoms with Crippen LogP contribution in [-0.2, 0) is 14.1 Å². The molecule has 0 aliphatic rings. The molecule has 0 fully saturated rings. The van der Waals surface area contributed by atoms with Crippen molar-refractivity contribution in [2.24, 2.45) is 14.1 Å². The van der Waals surface area contributed by atoms with Gasteiger partial charge in [0.2, 0.25) is 0 Å². The molecule has 8 nitrogen and oxygen atoms in total. The Kier molecular flexibility index (Phi) is 7.16. The van der Waals surface area contributed by atoms with E-state index in [-0.39, 0.29) is 22.6 Å². The summed E-state index contributed by atoms with van der Waals surface area (Å²) in [6.45, 7) is 3.47. The van der Waals surface area contributed by atoms with Crippen LogP contribution in [0.4, 0.5) is 23.2 Å². The van der Waals surface area contributed by atoms with Gasteiger partial charge in [-0.2, -0.15) is 0 Å². The molecule has 0 amide bonds. The first kappa shape index (κ1) is 27.7. The van der Waals surface area contributed by atoms with Crippen molar-refractivity contribution in [3.63, 3.8) is 0 Å². The molecule has 5 rings (SSSR count). The largest absolute Gasteiger partial charge is 0.378 e. The minimum absolute atomic E-state index is 0.251. The Balaban J connectivity index is 1.61. The number of nitrogens with zero attached hydrogens (tertiary/aromatic N) is 5. The summed E-state index contributed by atoms with van der Waals surface area (Å²) >= 11 is 0. The lowest BCUT2D eigenvalue weighted by Gasteiger charge is -2.22. The van der Waals surface area contributed by atoms with Gasteiger partial charge in [-0.25, -0.2) is 27.5 Å². The van der Waals surface area contributed by atoms with Crippen LogP contribution in [0.1, 0.15) is 36.1 Å². The van der Waals surface area contributed by atoms with Crippen molar-refractivity contribution in [2.45, 2.75) is 26.3 Å². The number of alkyl halides is 2. The Labute approximate surface area is 231 Å². The number of anilines is 1. The quantitative estimate of drug-likeness (QED) is 0.276. The van der Waals surface area contributed by atoms with Gasteiger partial charge in [0.25, 0.3) is 17.5 Å². The van der Waals surface area contributed by atoms with Gasteiger partial charge in [-0.1, -0.05) is 6.07 Å². The van der Waals surface area contributed by atoms with Gasteiger partial charge in [0, 0.05) is 49.2 Å². The normalized spacial score (nSPS) is 12.2. The van der Waals surface area contributed by atoms with E-state index in [9.17, 15) is 27.2 Å². The highest BCUT2D eigenvalue weighted by atomic mass is 19.3. The molecular formula is C29H24F4N6O2. The van der Waals surface area contributed by atoms with Crippen molar-refractivity contribution >= 4 is 16.5 Å². The van der Waals surface area contributed by atoms with Gasteiger partial charge < -0.3 is 14.5 Å². The molecule has 0 bridgehead atoms. The molecular weight excluding hydrogens is 540 g/mol. The van der Waals surface area contributed by atoms with E-state index < -0.39 is 29.7 Å². The summed E-state index contributed by atoms with van der Waals surface area (Å²) in [5.74, 6) is -2.72. The summed E-state index contributed by atoms with van der Waals surface area (Å²) in [4.78, 5) is 38.1. The number of nitrogens with one attached hydrogen (secondary N) is 1. The molecule has 1 N–H and O–H groups in total. The van der Waals surface area contributed by atoms with Crippen LogP contribution in [0.2, 0.25) is 0 Å². The predicted octanol–water partition coefficient (Wildman–Crippen LogP) is 5.45. The number of benzene rings is 2. The van der Waals surface area contributed by atoms with Crippen LogP contribution < -0.4 is 16.4 Å². The fourth-order valence-electron chi connectivity index (χ4n) is 4.80. The maximum absolute atomic E-state index is 14.2. The zero-order chi connectivity index (χ0) is 29.6. The van der Waals surface area contributed by atoms with Crippen molar-refractivity contribution in [3.05, 3.63) is 104 Å². The summed E-state index contributed by atoms with van der Waals surface area (Å²) in [7, 11) is 3.18. The molecule has 3 heterocycles. The zero-order valence-electron chi connectivity index (χ0n) is 22.4. The molecule has 0 saturated heterocycles. The lowest BCUT2D eigenvalue weighted by atomic mass is 9.96. The summed E-state index contributed by atoms with van der Waals surface area (Å²) in [6, 6.07) is 6.46. The van der Waals surface area contributed by atoms with E-state index in [1.165, 1.54) is 33.9 Å². The smallest absolute Gasteiger partial charge is 0.269 e. The average Bonchev–Trinajstić information content (AvgIpc) is 2.94. The molecule has 0 aliphatic heterocycles.